The maximum atomic E-state index is 5.15. The van der Waals surface area contributed by atoms with Gasteiger partial charge in [0.05, 0.1) is 5.69 Å². The molecule has 0 atom stereocenters. The Bertz CT molecular complexity index is 2890. The monoisotopic (exact) mass is 710 g/mol. The highest BCUT2D eigenvalue weighted by atomic mass is 32.1. The van der Waals surface area contributed by atoms with Gasteiger partial charge in [0.15, 0.2) is 17.5 Å². The molecule has 1 aliphatic rings. The summed E-state index contributed by atoms with van der Waals surface area (Å²) in [4.78, 5) is 17.6. The molecule has 256 valence electrons. The maximum absolute atomic E-state index is 5.15. The Balaban J connectivity index is 1.14. The summed E-state index contributed by atoms with van der Waals surface area (Å²) in [5.74, 6) is 2.10. The van der Waals surface area contributed by atoms with Crippen LogP contribution in [0.25, 0.3) is 70.4 Å². The fourth-order valence-electron chi connectivity index (χ4n) is 7.64. The first kappa shape index (κ1) is 32.0. The van der Waals surface area contributed by atoms with E-state index >= 15 is 0 Å². The maximum Gasteiger partial charge on any atom is 0.164 e. The van der Waals surface area contributed by atoms with E-state index < -0.39 is 0 Å². The number of anilines is 3. The third kappa shape index (κ3) is 5.76. The summed E-state index contributed by atoms with van der Waals surface area (Å²) in [6.07, 6.45) is 8.31. The number of allylic oxidation sites excluding steroid dienone is 4. The van der Waals surface area contributed by atoms with Crippen molar-refractivity contribution in [2.75, 3.05) is 4.90 Å². The van der Waals surface area contributed by atoms with Crippen molar-refractivity contribution in [1.29, 1.82) is 0 Å². The van der Waals surface area contributed by atoms with Crippen molar-refractivity contribution < 1.29 is 0 Å². The van der Waals surface area contributed by atoms with Gasteiger partial charge in [0.1, 0.15) is 0 Å². The first-order chi connectivity index (χ1) is 26.8. The van der Waals surface area contributed by atoms with E-state index in [-0.39, 0.29) is 0 Å². The number of fused-ring (bicyclic) bond motifs is 4. The number of nitrogens with zero attached hydrogens (tertiary/aromatic N) is 4. The van der Waals surface area contributed by atoms with Gasteiger partial charge in [-0.3, -0.25) is 0 Å². The molecule has 0 saturated heterocycles. The van der Waals surface area contributed by atoms with Crippen LogP contribution in [-0.2, 0) is 0 Å². The topological polar surface area (TPSA) is 41.9 Å². The summed E-state index contributed by atoms with van der Waals surface area (Å²) in [5, 5.41) is 4.91. The molecule has 0 saturated carbocycles. The minimum absolute atomic E-state index is 0.678. The zero-order valence-corrected chi connectivity index (χ0v) is 30.2. The number of hydrogen-bond donors (Lipinski definition) is 0. The lowest BCUT2D eigenvalue weighted by Gasteiger charge is -2.27. The van der Waals surface area contributed by atoms with Gasteiger partial charge in [0.25, 0.3) is 0 Å². The third-order valence-electron chi connectivity index (χ3n) is 10.2. The molecule has 0 N–H and O–H groups in total. The number of thiophene rings is 1. The molecule has 0 radical (unpaired) electrons. The van der Waals surface area contributed by atoms with Crippen LogP contribution in [0.1, 0.15) is 18.7 Å². The third-order valence-corrected chi connectivity index (χ3v) is 11.3. The molecule has 1 aliphatic carbocycles. The number of rotatable bonds is 7. The molecule has 5 heteroatoms. The Hall–Kier alpha value is -6.69. The summed E-state index contributed by atoms with van der Waals surface area (Å²) in [5.41, 5.74) is 8.75. The Morgan fingerprint density at radius 2 is 1.20 bits per heavy atom. The van der Waals surface area contributed by atoms with E-state index in [1.54, 1.807) is 0 Å². The van der Waals surface area contributed by atoms with E-state index in [4.69, 9.17) is 15.0 Å². The number of para-hydroxylation sites is 1. The van der Waals surface area contributed by atoms with Gasteiger partial charge >= 0.3 is 0 Å². The molecule has 0 bridgehead atoms. The quantitative estimate of drug-likeness (QED) is 0.165. The van der Waals surface area contributed by atoms with E-state index in [1.807, 2.05) is 29.5 Å². The highest BCUT2D eigenvalue weighted by molar-refractivity contribution is 7.26. The summed E-state index contributed by atoms with van der Waals surface area (Å²) in [6, 6.07) is 58.1. The fourth-order valence-corrected chi connectivity index (χ4v) is 8.81. The van der Waals surface area contributed by atoms with Crippen molar-refractivity contribution in [2.45, 2.75) is 12.8 Å². The van der Waals surface area contributed by atoms with Crippen LogP contribution in [0.15, 0.2) is 182 Å². The molecule has 10 rings (SSSR count). The van der Waals surface area contributed by atoms with Crippen LogP contribution < -0.4 is 4.90 Å². The van der Waals surface area contributed by atoms with E-state index in [9.17, 15) is 0 Å². The van der Waals surface area contributed by atoms with Gasteiger partial charge in [-0.15, -0.1) is 11.3 Å². The summed E-state index contributed by atoms with van der Waals surface area (Å²) in [6.45, 7) is 0. The second kappa shape index (κ2) is 13.7. The van der Waals surface area contributed by atoms with Gasteiger partial charge in [-0.2, -0.15) is 0 Å². The van der Waals surface area contributed by atoms with Crippen molar-refractivity contribution in [3.63, 3.8) is 0 Å². The van der Waals surface area contributed by atoms with Crippen molar-refractivity contribution in [3.8, 4) is 33.9 Å². The Morgan fingerprint density at radius 1 is 0.500 bits per heavy atom. The molecule has 0 aliphatic heterocycles. The number of benzene rings is 7. The second-order valence-electron chi connectivity index (χ2n) is 13.5. The number of aromatic nitrogens is 3. The van der Waals surface area contributed by atoms with Gasteiger partial charge in [-0.1, -0.05) is 146 Å². The lowest BCUT2D eigenvalue weighted by molar-refractivity contribution is 0.978. The second-order valence-corrected chi connectivity index (χ2v) is 14.6. The Morgan fingerprint density at radius 3 is 2.06 bits per heavy atom. The molecular formula is C49H34N4S. The fraction of sp³-hybridized carbons (Fsp3) is 0.0408. The molecule has 0 spiro atoms. The lowest BCUT2D eigenvalue weighted by Crippen LogP contribution is -2.10. The van der Waals surface area contributed by atoms with Gasteiger partial charge in [0.2, 0.25) is 0 Å². The molecule has 2 aromatic heterocycles. The minimum atomic E-state index is 0.678. The molecule has 0 fully saturated rings. The molecule has 2 heterocycles. The van der Waals surface area contributed by atoms with Gasteiger partial charge < -0.3 is 4.90 Å². The Kier molecular flexibility index (Phi) is 8.12. The van der Waals surface area contributed by atoms with Crippen LogP contribution >= 0.6 is 11.3 Å². The molecule has 9 aromatic rings. The molecule has 54 heavy (non-hydrogen) atoms. The van der Waals surface area contributed by atoms with Crippen LogP contribution in [-0.4, -0.2) is 15.0 Å². The Labute approximate surface area is 318 Å². The lowest BCUT2D eigenvalue weighted by atomic mass is 9.95. The minimum Gasteiger partial charge on any atom is -0.310 e. The highest BCUT2D eigenvalue weighted by Gasteiger charge is 2.21. The zero-order valence-electron chi connectivity index (χ0n) is 29.4. The normalized spacial score (nSPS) is 12.7. The van der Waals surface area contributed by atoms with Crippen LogP contribution in [0.2, 0.25) is 0 Å². The van der Waals surface area contributed by atoms with Gasteiger partial charge in [-0.05, 0) is 71.3 Å². The van der Waals surface area contributed by atoms with Crippen molar-refractivity contribution in [1.82, 2.24) is 15.0 Å². The smallest absolute Gasteiger partial charge is 0.164 e. The van der Waals surface area contributed by atoms with E-state index in [2.05, 4.69) is 169 Å². The average molecular weight is 711 g/mol. The van der Waals surface area contributed by atoms with Gasteiger partial charge in [0, 0.05) is 48.1 Å². The largest absolute Gasteiger partial charge is 0.310 e. The first-order valence-electron chi connectivity index (χ1n) is 18.3. The first-order valence-corrected chi connectivity index (χ1v) is 19.2. The van der Waals surface area contributed by atoms with Crippen molar-refractivity contribution in [2.24, 2.45) is 0 Å². The van der Waals surface area contributed by atoms with E-state index in [1.165, 1.54) is 36.5 Å². The molecule has 7 aromatic carbocycles. The van der Waals surface area contributed by atoms with Crippen molar-refractivity contribution >= 4 is 64.9 Å². The highest BCUT2D eigenvalue weighted by Crippen LogP contribution is 2.46. The van der Waals surface area contributed by atoms with E-state index in [0.717, 1.165) is 58.0 Å². The summed E-state index contributed by atoms with van der Waals surface area (Å²) >= 11 is 1.84. The summed E-state index contributed by atoms with van der Waals surface area (Å²) < 4.78 is 2.48. The van der Waals surface area contributed by atoms with E-state index in [0.29, 0.717) is 11.6 Å². The van der Waals surface area contributed by atoms with Crippen LogP contribution in [0.3, 0.4) is 0 Å². The van der Waals surface area contributed by atoms with Crippen molar-refractivity contribution in [3.05, 3.63) is 188 Å². The zero-order chi connectivity index (χ0) is 35.8. The average Bonchev–Trinajstić information content (AvgIpc) is 3.63. The SMILES string of the molecule is C1=CCCC(c2nc(-c3ccccc3)nc(-c3ccccc3-c3cccc4sc5cc(N(c6ccccc6)c6cccc7ccccc67)ccc5c34)n2)=C1. The standard InChI is InChI=1S/C49H34N4S/c1-4-17-34(18-5-1)47-50-48(35-19-6-2-7-20-35)52-49(51-47)41-26-13-12-25-39(41)40-27-15-29-44-46(40)42-31-30-37(32-45(42)54-44)53(36-22-8-3-9-23-36)43-28-14-21-33-16-10-11-24-38(33)43/h1-6,8-19,21-32H,7,20H2. The number of hydrogen-bond acceptors (Lipinski definition) is 5. The van der Waals surface area contributed by atoms with Crippen LogP contribution in [0, 0.1) is 0 Å². The molecule has 4 nitrogen and oxygen atoms in total. The molecule has 0 unspecified atom stereocenters. The van der Waals surface area contributed by atoms with Crippen LogP contribution in [0.5, 0.6) is 0 Å². The van der Waals surface area contributed by atoms with Crippen LogP contribution in [0.4, 0.5) is 17.1 Å². The summed E-state index contributed by atoms with van der Waals surface area (Å²) in [7, 11) is 0. The predicted octanol–water partition coefficient (Wildman–Crippen LogP) is 13.6. The molecule has 0 amide bonds. The molecular weight excluding hydrogens is 677 g/mol. The van der Waals surface area contributed by atoms with Gasteiger partial charge in [-0.25, -0.2) is 15.0 Å². The predicted molar refractivity (Wildman–Crippen MR) is 228 cm³/mol.